The third-order valence-electron chi connectivity index (χ3n) is 3.03. The highest BCUT2D eigenvalue weighted by Crippen LogP contribution is 2.00. The molecule has 2 aromatic rings. The number of anilines is 1. The van der Waals surface area contributed by atoms with Gasteiger partial charge in [0.25, 0.3) is 0 Å². The minimum absolute atomic E-state index is 0.0402. The number of aromatic nitrogens is 3. The smallest absolute Gasteiger partial charge is 0.248 e. The quantitative estimate of drug-likeness (QED) is 0.647. The molecule has 0 saturated carbocycles. The summed E-state index contributed by atoms with van der Waals surface area (Å²) in [6, 6.07) is 9.62. The summed E-state index contributed by atoms with van der Waals surface area (Å²) >= 11 is 0. The van der Waals surface area contributed by atoms with Crippen LogP contribution in [0.4, 0.5) is 5.95 Å². The Labute approximate surface area is 134 Å². The molecule has 4 N–H and O–H groups in total. The fourth-order valence-corrected chi connectivity index (χ4v) is 1.88. The molecule has 8 nitrogen and oxygen atoms in total. The Bertz CT molecular complexity index is 640. The van der Waals surface area contributed by atoms with Crippen LogP contribution in [0.1, 0.15) is 18.4 Å². The molecule has 0 atom stereocenters. The van der Waals surface area contributed by atoms with Gasteiger partial charge in [-0.1, -0.05) is 30.3 Å². The number of hydrogen-bond acceptors (Lipinski definition) is 5. The molecule has 2 amide bonds. The number of nitrogens with two attached hydrogens (primary N) is 1. The van der Waals surface area contributed by atoms with E-state index in [9.17, 15) is 9.59 Å². The van der Waals surface area contributed by atoms with E-state index in [2.05, 4.69) is 20.7 Å². The molecule has 0 aliphatic heterocycles. The molecule has 0 radical (unpaired) electrons. The molecule has 2 rings (SSSR count). The molecule has 0 unspecified atom stereocenters. The third kappa shape index (κ3) is 5.87. The van der Waals surface area contributed by atoms with Gasteiger partial charge in [0, 0.05) is 13.0 Å². The van der Waals surface area contributed by atoms with Crippen LogP contribution in [-0.2, 0) is 22.7 Å². The lowest BCUT2D eigenvalue weighted by Gasteiger charge is -2.05. The van der Waals surface area contributed by atoms with Gasteiger partial charge < -0.3 is 11.1 Å². The van der Waals surface area contributed by atoms with Crippen LogP contribution in [0.5, 0.6) is 0 Å². The van der Waals surface area contributed by atoms with Crippen LogP contribution in [0.2, 0.25) is 0 Å². The Morgan fingerprint density at radius 2 is 1.96 bits per heavy atom. The van der Waals surface area contributed by atoms with Crippen molar-refractivity contribution in [3.63, 3.8) is 0 Å². The molecule has 23 heavy (non-hydrogen) atoms. The third-order valence-corrected chi connectivity index (χ3v) is 3.03. The molecule has 1 aromatic carbocycles. The van der Waals surface area contributed by atoms with Crippen molar-refractivity contribution in [1.82, 2.24) is 20.1 Å². The molecule has 1 aromatic heterocycles. The molecule has 0 aliphatic rings. The highest BCUT2D eigenvalue weighted by atomic mass is 16.2. The lowest BCUT2D eigenvalue weighted by Crippen LogP contribution is -2.27. The lowest BCUT2D eigenvalue weighted by molar-refractivity contribution is -0.122. The van der Waals surface area contributed by atoms with Crippen molar-refractivity contribution in [2.24, 2.45) is 5.73 Å². The van der Waals surface area contributed by atoms with Gasteiger partial charge in [0.2, 0.25) is 17.8 Å². The van der Waals surface area contributed by atoms with Crippen LogP contribution in [0.25, 0.3) is 0 Å². The van der Waals surface area contributed by atoms with Crippen molar-refractivity contribution in [2.75, 3.05) is 11.9 Å². The number of amides is 2. The Balaban J connectivity index is 1.77. The number of hydrogen-bond donors (Lipinski definition) is 3. The maximum Gasteiger partial charge on any atom is 0.248 e. The summed E-state index contributed by atoms with van der Waals surface area (Å²) in [4.78, 5) is 27.3. The van der Waals surface area contributed by atoms with E-state index in [0.717, 1.165) is 5.56 Å². The number of carbonyl (C=O) groups is 2. The molecule has 122 valence electrons. The van der Waals surface area contributed by atoms with Crippen molar-refractivity contribution >= 4 is 17.8 Å². The SMILES string of the molecule is NCCCC(=O)Nc1ncn(CC(=O)NCc2ccccc2)n1. The van der Waals surface area contributed by atoms with Gasteiger partial charge in [-0.05, 0) is 18.5 Å². The highest BCUT2D eigenvalue weighted by Gasteiger charge is 2.08. The van der Waals surface area contributed by atoms with Gasteiger partial charge in [-0.3, -0.25) is 14.9 Å². The molecule has 0 bridgehead atoms. The van der Waals surface area contributed by atoms with Gasteiger partial charge in [0.05, 0.1) is 0 Å². The number of carbonyl (C=O) groups excluding carboxylic acids is 2. The monoisotopic (exact) mass is 316 g/mol. The minimum atomic E-state index is -0.193. The van der Waals surface area contributed by atoms with E-state index in [0.29, 0.717) is 25.9 Å². The zero-order valence-electron chi connectivity index (χ0n) is 12.7. The predicted molar refractivity (Wildman–Crippen MR) is 85.2 cm³/mol. The summed E-state index contributed by atoms with van der Waals surface area (Å²) in [5, 5.41) is 9.39. The number of nitrogens with zero attached hydrogens (tertiary/aromatic N) is 3. The first-order valence-electron chi connectivity index (χ1n) is 7.37. The maximum absolute atomic E-state index is 11.9. The number of benzene rings is 1. The Morgan fingerprint density at radius 1 is 1.17 bits per heavy atom. The Morgan fingerprint density at radius 3 is 2.70 bits per heavy atom. The molecule has 1 heterocycles. The largest absolute Gasteiger partial charge is 0.350 e. The summed E-state index contributed by atoms with van der Waals surface area (Å²) in [5.41, 5.74) is 6.36. The molecule has 8 heteroatoms. The zero-order chi connectivity index (χ0) is 16.5. The van der Waals surface area contributed by atoms with Crippen LogP contribution in [-0.4, -0.2) is 33.1 Å². The van der Waals surface area contributed by atoms with Crippen molar-refractivity contribution < 1.29 is 9.59 Å². The Hall–Kier alpha value is -2.74. The average molecular weight is 316 g/mol. The van der Waals surface area contributed by atoms with Gasteiger partial charge in [-0.25, -0.2) is 9.67 Å². The molecule has 0 saturated heterocycles. The summed E-state index contributed by atoms with van der Waals surface area (Å²) in [6.07, 6.45) is 2.33. The average Bonchev–Trinajstić information content (AvgIpc) is 2.98. The van der Waals surface area contributed by atoms with Crippen molar-refractivity contribution in [3.8, 4) is 0 Å². The maximum atomic E-state index is 11.9. The van der Waals surface area contributed by atoms with Crippen molar-refractivity contribution in [2.45, 2.75) is 25.9 Å². The first-order valence-corrected chi connectivity index (χ1v) is 7.37. The lowest BCUT2D eigenvalue weighted by atomic mass is 10.2. The van der Waals surface area contributed by atoms with Crippen molar-refractivity contribution in [1.29, 1.82) is 0 Å². The summed E-state index contributed by atoms with van der Waals surface area (Å²) in [6.45, 7) is 0.951. The van der Waals surface area contributed by atoms with Crippen LogP contribution < -0.4 is 16.4 Å². The first kappa shape index (κ1) is 16.6. The second-order valence-corrected chi connectivity index (χ2v) is 4.97. The van der Waals surface area contributed by atoms with Gasteiger partial charge in [0.15, 0.2) is 0 Å². The standard InChI is InChI=1S/C15H20N6O2/c16-8-4-7-13(22)19-15-18-11-21(20-15)10-14(23)17-9-12-5-2-1-3-6-12/h1-3,5-6,11H,4,7-10,16H2,(H,17,23)(H,19,20,22). The topological polar surface area (TPSA) is 115 Å². The molecular formula is C15H20N6O2. The van der Waals surface area contributed by atoms with E-state index in [4.69, 9.17) is 5.73 Å². The highest BCUT2D eigenvalue weighted by molar-refractivity contribution is 5.88. The van der Waals surface area contributed by atoms with Gasteiger partial charge in [-0.2, -0.15) is 0 Å². The summed E-state index contributed by atoms with van der Waals surface area (Å²) in [7, 11) is 0. The number of rotatable bonds is 8. The molecule has 0 fully saturated rings. The van der Waals surface area contributed by atoms with Crippen LogP contribution >= 0.6 is 0 Å². The van der Waals surface area contributed by atoms with Crippen molar-refractivity contribution in [3.05, 3.63) is 42.2 Å². The molecular weight excluding hydrogens is 296 g/mol. The fourth-order valence-electron chi connectivity index (χ4n) is 1.88. The minimum Gasteiger partial charge on any atom is -0.350 e. The normalized spacial score (nSPS) is 10.3. The predicted octanol–water partition coefficient (Wildman–Crippen LogP) is 0.272. The van der Waals surface area contributed by atoms with E-state index in [1.54, 1.807) is 0 Å². The van der Waals surface area contributed by atoms with Gasteiger partial charge in [0.1, 0.15) is 12.9 Å². The Kier molecular flexibility index (Phi) is 6.25. The van der Waals surface area contributed by atoms with Gasteiger partial charge in [-0.15, -0.1) is 5.10 Å². The second-order valence-electron chi connectivity index (χ2n) is 4.97. The second kappa shape index (κ2) is 8.64. The molecule has 0 spiro atoms. The van der Waals surface area contributed by atoms with E-state index in [1.807, 2.05) is 30.3 Å². The van der Waals surface area contributed by atoms with Gasteiger partial charge >= 0.3 is 0 Å². The summed E-state index contributed by atoms with van der Waals surface area (Å²) < 4.78 is 1.37. The summed E-state index contributed by atoms with van der Waals surface area (Å²) in [5.74, 6) is -0.190. The van der Waals surface area contributed by atoms with Crippen LogP contribution in [0, 0.1) is 0 Å². The van der Waals surface area contributed by atoms with E-state index in [1.165, 1.54) is 11.0 Å². The number of nitrogens with one attached hydrogen (secondary N) is 2. The van der Waals surface area contributed by atoms with E-state index in [-0.39, 0.29) is 24.3 Å². The van der Waals surface area contributed by atoms with E-state index >= 15 is 0 Å². The fraction of sp³-hybridized carbons (Fsp3) is 0.333. The van der Waals surface area contributed by atoms with E-state index < -0.39 is 0 Å². The zero-order valence-corrected chi connectivity index (χ0v) is 12.7. The van der Waals surface area contributed by atoms with Crippen LogP contribution in [0.15, 0.2) is 36.7 Å². The first-order chi connectivity index (χ1) is 11.2. The molecule has 0 aliphatic carbocycles. The van der Waals surface area contributed by atoms with Crippen LogP contribution in [0.3, 0.4) is 0 Å².